The minimum Gasteiger partial charge on any atom is -0.393 e. The molecule has 14 atom stereocenters. The van der Waals surface area contributed by atoms with Crippen molar-refractivity contribution in [3.8, 4) is 0 Å². The predicted molar refractivity (Wildman–Crippen MR) is 170 cm³/mol. The van der Waals surface area contributed by atoms with Crippen molar-refractivity contribution in [3.63, 3.8) is 0 Å². The van der Waals surface area contributed by atoms with Crippen molar-refractivity contribution in [3.05, 3.63) is 0 Å². The molecule has 0 heterocycles. The summed E-state index contributed by atoms with van der Waals surface area (Å²) >= 11 is 0. The molecule has 234 valence electrons. The van der Waals surface area contributed by atoms with Gasteiger partial charge in [0.1, 0.15) is 0 Å². The van der Waals surface area contributed by atoms with Crippen LogP contribution in [0.3, 0.4) is 0 Å². The quantitative estimate of drug-likeness (QED) is 0.307. The van der Waals surface area contributed by atoms with Crippen LogP contribution in [0.4, 0.5) is 0 Å². The van der Waals surface area contributed by atoms with Crippen LogP contribution in [0.2, 0.25) is 0 Å². The van der Waals surface area contributed by atoms with Gasteiger partial charge in [0.15, 0.2) is 0 Å². The summed E-state index contributed by atoms with van der Waals surface area (Å²) in [6.07, 6.45) is 22.2. The summed E-state index contributed by atoms with van der Waals surface area (Å²) in [5.74, 6) is 6.44. The SMILES string of the molecule is C[C@]12CC[C@H](O)C[C@@H]1CC[C@H]1[C@H]2CC[C@]2(C)/C(=N/N=C3/CC[C@H]4[C@@H]5CC[C@H]6C[C@H](O)CC[C@]6(C)[C@H]5CC[C@]34C)CC[C@@H]12. The molecular formula is C38H60N2O2. The summed E-state index contributed by atoms with van der Waals surface area (Å²) in [4.78, 5) is 0. The summed E-state index contributed by atoms with van der Waals surface area (Å²) in [7, 11) is 0. The van der Waals surface area contributed by atoms with E-state index in [9.17, 15) is 10.2 Å². The molecule has 4 nitrogen and oxygen atoms in total. The summed E-state index contributed by atoms with van der Waals surface area (Å²) in [6.45, 7) is 10.4. The van der Waals surface area contributed by atoms with E-state index in [1.165, 1.54) is 88.5 Å². The zero-order valence-corrected chi connectivity index (χ0v) is 27.3. The van der Waals surface area contributed by atoms with Crippen molar-refractivity contribution in [2.24, 2.45) is 79.2 Å². The van der Waals surface area contributed by atoms with Gasteiger partial charge in [-0.3, -0.25) is 0 Å². The van der Waals surface area contributed by atoms with Gasteiger partial charge in [0.05, 0.1) is 12.2 Å². The monoisotopic (exact) mass is 576 g/mol. The first kappa shape index (κ1) is 28.7. The standard InChI is InChI=1S/C38H60N2O2/c1-35-17-13-25(41)21-23(35)5-7-27-29-9-11-33(37(29,3)19-15-31(27)35)39-40-34-12-10-30-28-8-6-24-22-26(42)14-18-36(24,2)32(28)16-20-38(30,34)4/h23-32,41-42H,5-22H2,1-4H3/b39-33-,40-34+/t23-,24-,25+,26-,27-,28+,29-,30-,31-,32+,35-,36-,37-,38-/m0/s1. The smallest absolute Gasteiger partial charge is 0.0543 e. The van der Waals surface area contributed by atoms with Gasteiger partial charge in [-0.25, -0.2) is 0 Å². The van der Waals surface area contributed by atoms with E-state index >= 15 is 0 Å². The van der Waals surface area contributed by atoms with Gasteiger partial charge in [-0.15, -0.1) is 0 Å². The van der Waals surface area contributed by atoms with E-state index in [-0.39, 0.29) is 23.0 Å². The third-order valence-corrected chi connectivity index (χ3v) is 17.0. The number of hydrogen-bond acceptors (Lipinski definition) is 4. The largest absolute Gasteiger partial charge is 0.393 e. The minimum atomic E-state index is -0.0516. The van der Waals surface area contributed by atoms with E-state index in [0.29, 0.717) is 10.8 Å². The highest BCUT2D eigenvalue weighted by molar-refractivity contribution is 5.95. The van der Waals surface area contributed by atoms with E-state index in [0.717, 1.165) is 85.9 Å². The van der Waals surface area contributed by atoms with Crippen LogP contribution in [0, 0.1) is 69.0 Å². The molecule has 0 spiro atoms. The minimum absolute atomic E-state index is 0.0516. The van der Waals surface area contributed by atoms with Crippen LogP contribution < -0.4 is 0 Å². The fourth-order valence-corrected chi connectivity index (χ4v) is 14.5. The van der Waals surface area contributed by atoms with Gasteiger partial charge in [-0.2, -0.15) is 10.2 Å². The second-order valence-electron chi connectivity index (χ2n) is 18.3. The van der Waals surface area contributed by atoms with Gasteiger partial charge < -0.3 is 10.2 Å². The average Bonchev–Trinajstić information content (AvgIpc) is 3.48. The summed E-state index contributed by atoms with van der Waals surface area (Å²) in [5.41, 5.74) is 4.28. The number of fused-ring (bicyclic) bond motifs is 10. The highest BCUT2D eigenvalue weighted by Crippen LogP contribution is 2.67. The normalized spacial score (nSPS) is 58.9. The zero-order chi connectivity index (χ0) is 29.1. The van der Waals surface area contributed by atoms with Crippen LogP contribution >= 0.6 is 0 Å². The maximum Gasteiger partial charge on any atom is 0.0543 e. The fourth-order valence-electron chi connectivity index (χ4n) is 14.5. The molecule has 42 heavy (non-hydrogen) atoms. The lowest BCUT2D eigenvalue weighted by Crippen LogP contribution is -2.54. The van der Waals surface area contributed by atoms with E-state index in [1.807, 2.05) is 0 Å². The molecule has 0 bridgehead atoms. The lowest BCUT2D eigenvalue weighted by atomic mass is 9.45. The molecule has 0 saturated heterocycles. The molecule has 8 rings (SSSR count). The lowest BCUT2D eigenvalue weighted by molar-refractivity contribution is -0.114. The van der Waals surface area contributed by atoms with Gasteiger partial charge in [0.25, 0.3) is 0 Å². The van der Waals surface area contributed by atoms with Gasteiger partial charge in [-0.05, 0) is 174 Å². The molecule has 8 fully saturated rings. The summed E-state index contributed by atoms with van der Waals surface area (Å²) < 4.78 is 0. The Morgan fingerprint density at radius 2 is 0.929 bits per heavy atom. The molecule has 0 aromatic heterocycles. The molecule has 8 aliphatic rings. The molecule has 8 aliphatic carbocycles. The van der Waals surface area contributed by atoms with Gasteiger partial charge in [0.2, 0.25) is 0 Å². The summed E-state index contributed by atoms with van der Waals surface area (Å²) in [5, 5.41) is 31.4. The third-order valence-electron chi connectivity index (χ3n) is 17.0. The number of aliphatic hydroxyl groups excluding tert-OH is 2. The number of nitrogens with zero attached hydrogens (tertiary/aromatic N) is 2. The second kappa shape index (κ2) is 9.88. The van der Waals surface area contributed by atoms with Crippen LogP contribution in [-0.4, -0.2) is 33.8 Å². The molecule has 0 radical (unpaired) electrons. The first-order valence-electron chi connectivity index (χ1n) is 18.6. The molecule has 4 heteroatoms. The Kier molecular flexibility index (Phi) is 6.75. The van der Waals surface area contributed by atoms with E-state index in [1.54, 1.807) is 0 Å². The van der Waals surface area contributed by atoms with Crippen LogP contribution in [0.5, 0.6) is 0 Å². The molecule has 0 unspecified atom stereocenters. The Hall–Kier alpha value is -0.740. The number of aliphatic hydroxyl groups is 2. The van der Waals surface area contributed by atoms with Crippen LogP contribution in [-0.2, 0) is 0 Å². The Morgan fingerprint density at radius 3 is 1.36 bits per heavy atom. The highest BCUT2D eigenvalue weighted by atomic mass is 16.3. The molecule has 0 aliphatic heterocycles. The lowest BCUT2D eigenvalue weighted by Gasteiger charge is -2.60. The Morgan fingerprint density at radius 1 is 0.500 bits per heavy atom. The Labute approximate surface area is 256 Å². The van der Waals surface area contributed by atoms with Gasteiger partial charge in [0, 0.05) is 22.3 Å². The predicted octanol–water partition coefficient (Wildman–Crippen LogP) is 8.59. The highest BCUT2D eigenvalue weighted by Gasteiger charge is 2.61. The first-order chi connectivity index (χ1) is 20.1. The van der Waals surface area contributed by atoms with Crippen LogP contribution in [0.15, 0.2) is 10.2 Å². The van der Waals surface area contributed by atoms with Crippen molar-refractivity contribution in [2.75, 3.05) is 0 Å². The van der Waals surface area contributed by atoms with Crippen molar-refractivity contribution in [1.82, 2.24) is 0 Å². The zero-order valence-electron chi connectivity index (χ0n) is 27.3. The molecule has 2 N–H and O–H groups in total. The third kappa shape index (κ3) is 3.97. The van der Waals surface area contributed by atoms with Crippen molar-refractivity contribution < 1.29 is 10.2 Å². The van der Waals surface area contributed by atoms with Crippen molar-refractivity contribution in [1.29, 1.82) is 0 Å². The molecule has 0 aromatic carbocycles. The van der Waals surface area contributed by atoms with Crippen LogP contribution in [0.25, 0.3) is 0 Å². The van der Waals surface area contributed by atoms with E-state index in [2.05, 4.69) is 27.7 Å². The van der Waals surface area contributed by atoms with E-state index < -0.39 is 0 Å². The van der Waals surface area contributed by atoms with Gasteiger partial charge >= 0.3 is 0 Å². The molecule has 8 saturated carbocycles. The fraction of sp³-hybridized carbons (Fsp3) is 0.947. The van der Waals surface area contributed by atoms with Crippen molar-refractivity contribution in [2.45, 2.75) is 155 Å². The van der Waals surface area contributed by atoms with Crippen LogP contribution in [0.1, 0.15) is 143 Å². The number of hydrogen-bond donors (Lipinski definition) is 2. The molecule has 0 aromatic rings. The van der Waals surface area contributed by atoms with Crippen molar-refractivity contribution >= 4 is 11.4 Å². The topological polar surface area (TPSA) is 65.2 Å². The number of rotatable bonds is 1. The Bertz CT molecular complexity index is 1060. The molecular weight excluding hydrogens is 516 g/mol. The second-order valence-corrected chi connectivity index (χ2v) is 18.3. The maximum absolute atomic E-state index is 10.4. The first-order valence-corrected chi connectivity index (χ1v) is 18.6. The summed E-state index contributed by atoms with van der Waals surface area (Å²) in [6, 6.07) is 0. The van der Waals surface area contributed by atoms with Gasteiger partial charge in [-0.1, -0.05) is 27.7 Å². The molecule has 0 amide bonds. The maximum atomic E-state index is 10.4. The Balaban J connectivity index is 1.00. The van der Waals surface area contributed by atoms with E-state index in [4.69, 9.17) is 10.2 Å². The average molecular weight is 577 g/mol.